The molecule has 0 aliphatic carbocycles. The van der Waals surface area contributed by atoms with Crippen molar-refractivity contribution in [1.82, 2.24) is 5.32 Å². The van der Waals surface area contributed by atoms with E-state index >= 15 is 0 Å². The van der Waals surface area contributed by atoms with Crippen LogP contribution in [0.4, 0.5) is 0 Å². The van der Waals surface area contributed by atoms with E-state index in [2.05, 4.69) is 19.2 Å². The number of ether oxygens (including phenoxy) is 1. The van der Waals surface area contributed by atoms with E-state index in [4.69, 9.17) is 4.74 Å². The number of amides is 1. The fourth-order valence-electron chi connectivity index (χ4n) is 13.8. The first-order valence-electron chi connectivity index (χ1n) is 41.8. The summed E-state index contributed by atoms with van der Waals surface area (Å²) in [5.74, 6) is 0.00463. The van der Waals surface area contributed by atoms with E-state index in [1.807, 2.05) is 0 Å². The Bertz CT molecular complexity index is 1310. The molecular formula is C83H165NO5. The van der Waals surface area contributed by atoms with Crippen molar-refractivity contribution in [3.8, 4) is 0 Å². The van der Waals surface area contributed by atoms with Gasteiger partial charge in [0, 0.05) is 12.8 Å². The number of nitrogens with one attached hydrogen (secondary N) is 1. The second kappa shape index (κ2) is 79.3. The van der Waals surface area contributed by atoms with Gasteiger partial charge in [-0.2, -0.15) is 0 Å². The summed E-state index contributed by atoms with van der Waals surface area (Å²) in [4.78, 5) is 24.7. The zero-order valence-corrected chi connectivity index (χ0v) is 61.2. The Morgan fingerprint density at radius 2 is 0.461 bits per heavy atom. The van der Waals surface area contributed by atoms with Gasteiger partial charge in [-0.15, -0.1) is 0 Å². The maximum Gasteiger partial charge on any atom is 0.305 e. The second-order valence-corrected chi connectivity index (χ2v) is 29.2. The average Bonchev–Trinajstić information content (AvgIpc) is 3.62. The van der Waals surface area contributed by atoms with Crippen molar-refractivity contribution in [2.45, 2.75) is 508 Å². The minimum Gasteiger partial charge on any atom is -0.466 e. The predicted molar refractivity (Wildman–Crippen MR) is 394 cm³/mol. The number of esters is 1. The Kier molecular flexibility index (Phi) is 78.3. The van der Waals surface area contributed by atoms with Gasteiger partial charge in [-0.3, -0.25) is 9.59 Å². The molecule has 0 aromatic rings. The Balaban J connectivity index is 3.29. The van der Waals surface area contributed by atoms with Crippen LogP contribution in [0.25, 0.3) is 0 Å². The lowest BCUT2D eigenvalue weighted by atomic mass is 10.0. The average molecular weight is 1260 g/mol. The van der Waals surface area contributed by atoms with Gasteiger partial charge in [0.2, 0.25) is 5.91 Å². The molecular weight excluding hydrogens is 1090 g/mol. The van der Waals surface area contributed by atoms with Crippen molar-refractivity contribution in [2.75, 3.05) is 13.2 Å². The predicted octanol–water partition coefficient (Wildman–Crippen LogP) is 27.7. The van der Waals surface area contributed by atoms with Crippen LogP contribution in [-0.2, 0) is 14.3 Å². The van der Waals surface area contributed by atoms with Gasteiger partial charge in [0.05, 0.1) is 25.4 Å². The maximum atomic E-state index is 12.6. The quantitative estimate of drug-likeness (QED) is 0.0417. The number of carbonyl (C=O) groups excluding carboxylic acids is 2. The Morgan fingerprint density at radius 3 is 0.685 bits per heavy atom. The van der Waals surface area contributed by atoms with Crippen LogP contribution in [0.5, 0.6) is 0 Å². The highest BCUT2D eigenvalue weighted by Gasteiger charge is 2.20. The van der Waals surface area contributed by atoms with E-state index < -0.39 is 12.1 Å². The normalized spacial score (nSPS) is 12.4. The smallest absolute Gasteiger partial charge is 0.305 e. The molecule has 0 saturated heterocycles. The molecule has 0 aromatic heterocycles. The third-order valence-corrected chi connectivity index (χ3v) is 20.2. The molecule has 0 rings (SSSR count). The van der Waals surface area contributed by atoms with E-state index in [0.29, 0.717) is 25.9 Å². The highest BCUT2D eigenvalue weighted by molar-refractivity contribution is 5.76. The molecule has 0 heterocycles. The molecule has 0 aromatic carbocycles. The molecule has 0 fully saturated rings. The fourth-order valence-corrected chi connectivity index (χ4v) is 13.8. The molecule has 6 nitrogen and oxygen atoms in total. The van der Waals surface area contributed by atoms with Gasteiger partial charge in [0.1, 0.15) is 0 Å². The number of hydrogen-bond acceptors (Lipinski definition) is 5. The van der Waals surface area contributed by atoms with Gasteiger partial charge in [-0.25, -0.2) is 0 Å². The van der Waals surface area contributed by atoms with Crippen LogP contribution in [0.1, 0.15) is 495 Å². The standard InChI is InChI=1S/C83H165NO5/c1-3-5-7-9-11-13-15-17-19-21-22-40-44-47-51-55-59-63-67-71-75-81(86)80(79-85)84-82(87)76-72-68-64-60-56-52-48-45-41-38-36-34-32-30-28-26-24-23-25-27-29-31-33-35-37-39-42-46-50-54-58-62-66-70-74-78-89-83(88)77-73-69-65-61-57-53-49-43-20-18-16-14-12-10-8-6-4-2/h80-81,85-86H,3-79H2,1-2H3,(H,84,87). The van der Waals surface area contributed by atoms with Crippen LogP contribution in [0.2, 0.25) is 0 Å². The van der Waals surface area contributed by atoms with Crippen LogP contribution in [0.3, 0.4) is 0 Å². The molecule has 0 radical (unpaired) electrons. The van der Waals surface area contributed by atoms with Crippen LogP contribution >= 0.6 is 0 Å². The summed E-state index contributed by atoms with van der Waals surface area (Å²) < 4.78 is 5.52. The van der Waals surface area contributed by atoms with Gasteiger partial charge < -0.3 is 20.3 Å². The summed E-state index contributed by atoms with van der Waals surface area (Å²) >= 11 is 0. The number of aliphatic hydroxyl groups excluding tert-OH is 2. The third kappa shape index (κ3) is 75.8. The van der Waals surface area contributed by atoms with Crippen molar-refractivity contribution >= 4 is 11.9 Å². The molecule has 0 saturated carbocycles. The first kappa shape index (κ1) is 87.9. The van der Waals surface area contributed by atoms with Gasteiger partial charge in [-0.05, 0) is 25.7 Å². The molecule has 0 aliphatic rings. The summed E-state index contributed by atoms with van der Waals surface area (Å²) in [5, 5.41) is 23.5. The SMILES string of the molecule is CCCCCCCCCCCCCCCCCCCCCCC(O)C(CO)NC(=O)CCCCCCCCCCCCCCCCCCCCCCCCCCCCCCCCCCCCCOC(=O)CCCCCCCCCCCCCCCCCCC. The number of carbonyl (C=O) groups is 2. The van der Waals surface area contributed by atoms with Crippen molar-refractivity contribution in [2.24, 2.45) is 0 Å². The van der Waals surface area contributed by atoms with Crippen molar-refractivity contribution in [3.05, 3.63) is 0 Å². The molecule has 532 valence electrons. The van der Waals surface area contributed by atoms with Crippen LogP contribution in [0, 0.1) is 0 Å². The topological polar surface area (TPSA) is 95.9 Å². The summed E-state index contributed by atoms with van der Waals surface area (Å²) in [6.45, 7) is 5.03. The highest BCUT2D eigenvalue weighted by Crippen LogP contribution is 2.21. The van der Waals surface area contributed by atoms with Crippen molar-refractivity contribution in [3.63, 3.8) is 0 Å². The number of unbranched alkanes of at least 4 members (excludes halogenated alkanes) is 69. The minimum atomic E-state index is -0.660. The lowest BCUT2D eigenvalue weighted by Crippen LogP contribution is -2.45. The third-order valence-electron chi connectivity index (χ3n) is 20.2. The molecule has 0 aliphatic heterocycles. The van der Waals surface area contributed by atoms with Gasteiger partial charge in [-0.1, -0.05) is 457 Å². The summed E-state index contributed by atoms with van der Waals surface area (Å²) in [6, 6.07) is -0.537. The van der Waals surface area contributed by atoms with Gasteiger partial charge >= 0.3 is 5.97 Å². The molecule has 0 spiro atoms. The van der Waals surface area contributed by atoms with E-state index in [1.54, 1.807) is 0 Å². The van der Waals surface area contributed by atoms with Crippen LogP contribution in [0.15, 0.2) is 0 Å². The van der Waals surface area contributed by atoms with Crippen molar-refractivity contribution in [1.29, 1.82) is 0 Å². The van der Waals surface area contributed by atoms with Gasteiger partial charge in [0.25, 0.3) is 0 Å². The van der Waals surface area contributed by atoms with E-state index in [9.17, 15) is 19.8 Å². The highest BCUT2D eigenvalue weighted by atomic mass is 16.5. The van der Waals surface area contributed by atoms with E-state index in [-0.39, 0.29) is 18.5 Å². The molecule has 3 N–H and O–H groups in total. The van der Waals surface area contributed by atoms with Crippen molar-refractivity contribution < 1.29 is 24.5 Å². The molecule has 0 bridgehead atoms. The Morgan fingerprint density at radius 1 is 0.270 bits per heavy atom. The number of aliphatic hydroxyl groups is 2. The Labute approximate surface area is 559 Å². The fraction of sp³-hybridized carbons (Fsp3) is 0.976. The molecule has 6 heteroatoms. The van der Waals surface area contributed by atoms with E-state index in [0.717, 1.165) is 38.5 Å². The lowest BCUT2D eigenvalue weighted by Gasteiger charge is -2.22. The monoisotopic (exact) mass is 1260 g/mol. The van der Waals surface area contributed by atoms with E-state index in [1.165, 1.54) is 424 Å². The lowest BCUT2D eigenvalue weighted by molar-refractivity contribution is -0.143. The largest absolute Gasteiger partial charge is 0.466 e. The summed E-state index contributed by atoms with van der Waals surface area (Å²) in [5.41, 5.74) is 0. The minimum absolute atomic E-state index is 0.0236. The zero-order chi connectivity index (χ0) is 64.2. The number of rotatable bonds is 80. The molecule has 2 unspecified atom stereocenters. The second-order valence-electron chi connectivity index (χ2n) is 29.2. The molecule has 89 heavy (non-hydrogen) atoms. The van der Waals surface area contributed by atoms with Crippen LogP contribution in [-0.4, -0.2) is 47.4 Å². The summed E-state index contributed by atoms with van der Waals surface area (Å²) in [7, 11) is 0. The summed E-state index contributed by atoms with van der Waals surface area (Å²) in [6.07, 6.45) is 99.3. The first-order valence-corrected chi connectivity index (χ1v) is 41.8. The zero-order valence-electron chi connectivity index (χ0n) is 61.2. The number of hydrogen-bond donors (Lipinski definition) is 3. The maximum absolute atomic E-state index is 12.6. The van der Waals surface area contributed by atoms with Crippen LogP contribution < -0.4 is 5.32 Å². The Hall–Kier alpha value is -1.14. The first-order chi connectivity index (χ1) is 44.0. The molecule has 2 atom stereocenters. The van der Waals surface area contributed by atoms with Gasteiger partial charge in [0.15, 0.2) is 0 Å². The molecule has 1 amide bonds.